The van der Waals surface area contributed by atoms with E-state index in [9.17, 15) is 59.0 Å². The summed E-state index contributed by atoms with van der Waals surface area (Å²) < 4.78 is 122. The Morgan fingerprint density at radius 3 is 1.41 bits per heavy atom. The average molecular weight is 1420 g/mol. The van der Waals surface area contributed by atoms with Crippen molar-refractivity contribution in [1.82, 2.24) is 29.8 Å². The molecule has 0 atom stereocenters. The van der Waals surface area contributed by atoms with E-state index >= 15 is 0 Å². The summed E-state index contributed by atoms with van der Waals surface area (Å²) in [5.41, 5.74) is 2.96. The molecule has 0 bridgehead atoms. The highest BCUT2D eigenvalue weighted by Gasteiger charge is 2.35. The lowest BCUT2D eigenvalue weighted by atomic mass is 10.0. The van der Waals surface area contributed by atoms with Gasteiger partial charge in [-0.15, -0.1) is 0 Å². The summed E-state index contributed by atoms with van der Waals surface area (Å²) in [7, 11) is 0. The van der Waals surface area contributed by atoms with Crippen molar-refractivity contribution in [1.29, 1.82) is 0 Å². The Morgan fingerprint density at radius 1 is 0.525 bits per heavy atom. The fourth-order valence-electron chi connectivity index (χ4n) is 12.0. The molecule has 10 rings (SSSR count). The first kappa shape index (κ1) is 76.1. The Kier molecular flexibility index (Phi) is 27.6. The number of phenolic OH excluding ortho intramolecular Hbond substituents is 1. The van der Waals surface area contributed by atoms with Crippen LogP contribution in [-0.2, 0) is 44.7 Å². The monoisotopic (exact) mass is 1420 g/mol. The number of likely N-dealkylation sites (tertiary alicyclic amines) is 3. The predicted molar refractivity (Wildman–Crippen MR) is 369 cm³/mol. The highest BCUT2D eigenvalue weighted by Crippen LogP contribution is 2.38. The number of amides is 6. The number of allylic oxidation sites excluding steroid dienone is 1. The molecule has 0 radical (unpaired) electrons. The molecule has 3 aliphatic rings. The van der Waals surface area contributed by atoms with Crippen LogP contribution in [0.2, 0.25) is 10.0 Å². The molecule has 3 aliphatic heterocycles. The molecular weight excluding hydrogens is 1340 g/mol. The Morgan fingerprint density at radius 2 is 0.960 bits per heavy atom. The van der Waals surface area contributed by atoms with E-state index in [1.165, 1.54) is 36.4 Å². The van der Waals surface area contributed by atoms with E-state index in [1.54, 1.807) is 21.9 Å². The van der Waals surface area contributed by atoms with Crippen molar-refractivity contribution in [2.75, 3.05) is 61.8 Å². The number of hydrogen-bond acceptors (Lipinski definition) is 8. The van der Waals surface area contributed by atoms with Crippen LogP contribution in [0.5, 0.6) is 11.5 Å². The second-order valence-electron chi connectivity index (χ2n) is 24.5. The zero-order valence-electron chi connectivity index (χ0n) is 55.0. The predicted octanol–water partition coefficient (Wildman–Crippen LogP) is 18.8. The summed E-state index contributed by atoms with van der Waals surface area (Å²) in [5.74, 6) is 0.263. The number of alkyl halides is 9. The molecule has 0 unspecified atom stereocenters. The summed E-state index contributed by atoms with van der Waals surface area (Å²) in [4.78, 5) is 48.9. The molecular formula is C74H82Cl2F9N9O5. The molecule has 25 heteroatoms. The topological polar surface area (TPSA) is 145 Å². The highest BCUT2D eigenvalue weighted by molar-refractivity contribution is 6.32. The van der Waals surface area contributed by atoms with Crippen molar-refractivity contribution < 1.29 is 63.7 Å². The summed E-state index contributed by atoms with van der Waals surface area (Å²) in [6.07, 6.45) is -6.94. The molecule has 3 saturated heterocycles. The molecule has 0 aliphatic carbocycles. The molecule has 99 heavy (non-hydrogen) atoms. The van der Waals surface area contributed by atoms with Crippen molar-refractivity contribution in [3.8, 4) is 11.5 Å². The van der Waals surface area contributed by atoms with Crippen LogP contribution in [0.25, 0.3) is 0 Å². The third-order valence-electron chi connectivity index (χ3n) is 17.2. The fraction of sp³-hybridized carbons (Fsp3) is 0.365. The van der Waals surface area contributed by atoms with Crippen molar-refractivity contribution in [2.24, 2.45) is 0 Å². The number of rotatable bonds is 19. The summed E-state index contributed by atoms with van der Waals surface area (Å²) in [5, 5.41) is 21.8. The second-order valence-corrected chi connectivity index (χ2v) is 25.3. The minimum atomic E-state index is -4.50. The number of benzene rings is 7. The molecule has 6 amide bonds. The zero-order chi connectivity index (χ0) is 71.3. The molecule has 7 aromatic carbocycles. The minimum Gasteiger partial charge on any atom is -0.503 e. The molecule has 530 valence electrons. The van der Waals surface area contributed by atoms with Gasteiger partial charge in [-0.25, -0.2) is 14.4 Å². The minimum absolute atomic E-state index is 0.00770. The van der Waals surface area contributed by atoms with Gasteiger partial charge in [-0.1, -0.05) is 140 Å². The molecule has 0 aromatic heterocycles. The molecule has 3 fully saturated rings. The van der Waals surface area contributed by atoms with Crippen LogP contribution in [0.1, 0.15) is 104 Å². The number of hydrogen-bond donors (Lipinski definition) is 5. The van der Waals surface area contributed by atoms with Crippen LogP contribution in [0.3, 0.4) is 0 Å². The number of ether oxygens (including phenoxy) is 1. The van der Waals surface area contributed by atoms with Gasteiger partial charge in [0.25, 0.3) is 0 Å². The van der Waals surface area contributed by atoms with Crippen LogP contribution >= 0.6 is 23.2 Å². The lowest BCUT2D eigenvalue weighted by Crippen LogP contribution is -2.48. The third-order valence-corrected chi connectivity index (χ3v) is 17.9. The quantitative estimate of drug-likeness (QED) is 0.0504. The van der Waals surface area contributed by atoms with E-state index in [0.717, 1.165) is 141 Å². The van der Waals surface area contributed by atoms with Gasteiger partial charge in [-0.05, 0) is 147 Å². The average Bonchev–Trinajstić information content (AvgIpc) is 0.840. The van der Waals surface area contributed by atoms with E-state index in [-0.39, 0.29) is 52.0 Å². The maximum absolute atomic E-state index is 13.4. The SMILES string of the molecule is C=C(CCC)N1CCC(N(Cc2ccccc2)C(=O)Nc2cccc(C(F)(F)F)c2)CC1.CCOc1cc(CN2CCC(N(Cc3ccccc3)C(=O)Nc3cccc(C(F)(F)F)c3)CC2)cc(Cl)c1O.O=C(Nc1cccc(C(F)(F)F)c1)NC1CCN(Cc2ccccc2Cl)CC1. The number of nitrogens with zero attached hydrogens (tertiary/aromatic N) is 5. The molecule has 7 aromatic rings. The zero-order valence-corrected chi connectivity index (χ0v) is 56.5. The molecule has 3 heterocycles. The molecule has 5 N–H and O–H groups in total. The van der Waals surface area contributed by atoms with E-state index in [1.807, 2.05) is 91.9 Å². The smallest absolute Gasteiger partial charge is 0.416 e. The van der Waals surface area contributed by atoms with Gasteiger partial charge >= 0.3 is 36.6 Å². The van der Waals surface area contributed by atoms with E-state index in [0.29, 0.717) is 57.9 Å². The second kappa shape index (κ2) is 35.9. The molecule has 0 spiro atoms. The first-order valence-electron chi connectivity index (χ1n) is 32.8. The van der Waals surface area contributed by atoms with E-state index in [2.05, 4.69) is 49.5 Å². The summed E-state index contributed by atoms with van der Waals surface area (Å²) in [6, 6.07) is 42.9. The van der Waals surface area contributed by atoms with Crippen LogP contribution < -0.4 is 26.0 Å². The van der Waals surface area contributed by atoms with Crippen molar-refractivity contribution in [3.05, 3.63) is 231 Å². The van der Waals surface area contributed by atoms with Gasteiger partial charge in [-0.2, -0.15) is 39.5 Å². The van der Waals surface area contributed by atoms with Crippen LogP contribution in [0.4, 0.5) is 71.0 Å². The Labute approximate surface area is 581 Å². The largest absolute Gasteiger partial charge is 0.503 e. The summed E-state index contributed by atoms with van der Waals surface area (Å²) in [6.45, 7) is 15.2. The van der Waals surface area contributed by atoms with Gasteiger partial charge in [0.2, 0.25) is 0 Å². The van der Waals surface area contributed by atoms with E-state index in [4.69, 9.17) is 27.9 Å². The standard InChI is InChI=1S/C29H31ClF3N3O3.C25H30F3N3O.C20H21ClF3N3O/c1-2-39-26-16-21(15-25(30)27(26)37)18-35-13-11-24(12-14-35)36(19-20-7-4-3-5-8-20)28(38)34-23-10-6-9-22(17-23)29(31,32)33;1-3-8-19(2)30-15-13-23(14-16-30)31(18-20-9-5-4-6-10-20)24(32)29-22-12-7-11-21(17-22)25(26,27)28;21-18-7-2-1-4-14(18)13-27-10-8-16(9-11-27)25-19(28)26-17-6-3-5-15(12-17)20(22,23)24/h3-10,15-17,24,37H,2,11-14,18-19H2,1H3,(H,34,38);4-7,9-12,17,23H,2-3,8,13-16,18H2,1H3,(H,29,32);1-7,12,16H,8-11,13H2,(H2,25,26,28). The van der Waals surface area contributed by atoms with Gasteiger partial charge in [0.1, 0.15) is 0 Å². The van der Waals surface area contributed by atoms with Gasteiger partial charge in [0.05, 0.1) is 28.3 Å². The highest BCUT2D eigenvalue weighted by atomic mass is 35.5. The number of carbonyl (C=O) groups excluding carboxylic acids is 3. The number of phenols is 1. The van der Waals surface area contributed by atoms with Gasteiger partial charge < -0.3 is 45.8 Å². The lowest BCUT2D eigenvalue weighted by molar-refractivity contribution is -0.138. The third kappa shape index (κ3) is 23.5. The molecule has 14 nitrogen and oxygen atoms in total. The molecule has 0 saturated carbocycles. The van der Waals surface area contributed by atoms with Crippen LogP contribution in [0.15, 0.2) is 182 Å². The van der Waals surface area contributed by atoms with Crippen molar-refractivity contribution >= 4 is 58.4 Å². The maximum atomic E-state index is 13.4. The first-order chi connectivity index (χ1) is 47.2. The number of halogens is 11. The number of anilines is 3. The Hall–Kier alpha value is -8.64. The Bertz CT molecular complexity index is 3750. The number of piperidine rings is 3. The van der Waals surface area contributed by atoms with Crippen LogP contribution in [-0.4, -0.2) is 112 Å². The summed E-state index contributed by atoms with van der Waals surface area (Å²) >= 11 is 12.4. The number of nitrogens with one attached hydrogen (secondary N) is 4. The number of carbonyl (C=O) groups is 3. The normalized spacial score (nSPS) is 15.1. The Balaban J connectivity index is 0.000000192. The fourth-order valence-corrected chi connectivity index (χ4v) is 12.5. The van der Waals surface area contributed by atoms with Gasteiger partial charge in [-0.3, -0.25) is 9.80 Å². The lowest BCUT2D eigenvalue weighted by Gasteiger charge is -2.40. The van der Waals surface area contributed by atoms with Gasteiger partial charge in [0.15, 0.2) is 11.5 Å². The van der Waals surface area contributed by atoms with Crippen LogP contribution in [0, 0.1) is 0 Å². The van der Waals surface area contributed by atoms with E-state index < -0.39 is 47.3 Å². The maximum Gasteiger partial charge on any atom is 0.416 e. The first-order valence-corrected chi connectivity index (χ1v) is 33.6. The van der Waals surface area contributed by atoms with Crippen molar-refractivity contribution in [2.45, 2.75) is 128 Å². The van der Waals surface area contributed by atoms with Gasteiger partial charge in [0, 0.05) is 111 Å². The van der Waals surface area contributed by atoms with Crippen molar-refractivity contribution in [3.63, 3.8) is 0 Å². The number of urea groups is 3. The number of aromatic hydroxyl groups is 1.